The van der Waals surface area contributed by atoms with Crippen LogP contribution in [0.25, 0.3) is 22.2 Å². The molecule has 3 aromatic rings. The molecule has 3 nitrogen and oxygen atoms in total. The standard InChI is InChI=1S/C16H14FN3/c1-2-18-15-9-10-19-16(20-15)13-7-8-14(17)12-6-4-3-5-11(12)13/h3-10H,2H2,1H3,(H,18,19,20). The van der Waals surface area contributed by atoms with Gasteiger partial charge in [-0.05, 0) is 30.5 Å². The van der Waals surface area contributed by atoms with Crippen molar-refractivity contribution in [2.24, 2.45) is 0 Å². The zero-order valence-electron chi connectivity index (χ0n) is 11.1. The van der Waals surface area contributed by atoms with Crippen LogP contribution in [0.5, 0.6) is 0 Å². The molecule has 3 rings (SSSR count). The van der Waals surface area contributed by atoms with Gasteiger partial charge < -0.3 is 5.32 Å². The molecule has 0 saturated heterocycles. The van der Waals surface area contributed by atoms with Crippen molar-refractivity contribution in [3.8, 4) is 11.4 Å². The molecule has 0 fully saturated rings. The minimum absolute atomic E-state index is 0.229. The fraction of sp³-hybridized carbons (Fsp3) is 0.125. The van der Waals surface area contributed by atoms with E-state index in [-0.39, 0.29) is 5.82 Å². The second kappa shape index (κ2) is 5.25. The van der Waals surface area contributed by atoms with Gasteiger partial charge in [0.05, 0.1) is 0 Å². The number of anilines is 1. The number of aromatic nitrogens is 2. The molecule has 0 amide bonds. The molecule has 4 heteroatoms. The molecule has 1 N–H and O–H groups in total. The van der Waals surface area contributed by atoms with Crippen molar-refractivity contribution in [2.45, 2.75) is 6.92 Å². The van der Waals surface area contributed by atoms with Crippen molar-refractivity contribution in [3.63, 3.8) is 0 Å². The second-order valence-electron chi connectivity index (χ2n) is 4.44. The molecular formula is C16H14FN3. The molecule has 0 unspecified atom stereocenters. The highest BCUT2D eigenvalue weighted by atomic mass is 19.1. The van der Waals surface area contributed by atoms with Crippen molar-refractivity contribution >= 4 is 16.6 Å². The van der Waals surface area contributed by atoms with Gasteiger partial charge in [0.2, 0.25) is 0 Å². The van der Waals surface area contributed by atoms with Crippen LogP contribution in [0, 0.1) is 5.82 Å². The van der Waals surface area contributed by atoms with Gasteiger partial charge in [0.15, 0.2) is 5.82 Å². The highest BCUT2D eigenvalue weighted by molar-refractivity contribution is 5.95. The molecule has 1 heterocycles. The maximum absolute atomic E-state index is 13.8. The SMILES string of the molecule is CCNc1ccnc(-c2ccc(F)c3ccccc23)n1. The van der Waals surface area contributed by atoms with Crippen molar-refractivity contribution in [1.29, 1.82) is 0 Å². The van der Waals surface area contributed by atoms with Crippen LogP contribution in [0.4, 0.5) is 10.2 Å². The van der Waals surface area contributed by atoms with Crippen molar-refractivity contribution < 1.29 is 4.39 Å². The number of hydrogen-bond acceptors (Lipinski definition) is 3. The van der Waals surface area contributed by atoms with E-state index in [1.165, 1.54) is 6.07 Å². The van der Waals surface area contributed by atoms with E-state index in [4.69, 9.17) is 0 Å². The normalized spacial score (nSPS) is 10.7. The summed E-state index contributed by atoms with van der Waals surface area (Å²) in [6, 6.07) is 12.4. The van der Waals surface area contributed by atoms with Crippen LogP contribution in [0.15, 0.2) is 48.7 Å². The summed E-state index contributed by atoms with van der Waals surface area (Å²) >= 11 is 0. The van der Waals surface area contributed by atoms with E-state index < -0.39 is 0 Å². The van der Waals surface area contributed by atoms with Crippen LogP contribution in [0.3, 0.4) is 0 Å². The van der Waals surface area contributed by atoms with Crippen LogP contribution in [-0.4, -0.2) is 16.5 Å². The molecule has 1 aromatic heterocycles. The average Bonchev–Trinajstić information content (AvgIpc) is 2.49. The van der Waals surface area contributed by atoms with E-state index in [1.54, 1.807) is 18.3 Å². The molecule has 0 aliphatic carbocycles. The molecule has 0 spiro atoms. The van der Waals surface area contributed by atoms with Gasteiger partial charge in [-0.1, -0.05) is 24.3 Å². The first-order chi connectivity index (χ1) is 9.79. The highest BCUT2D eigenvalue weighted by Gasteiger charge is 2.09. The Bertz CT molecular complexity index is 756. The van der Waals surface area contributed by atoms with Crippen LogP contribution >= 0.6 is 0 Å². The molecule has 2 aromatic carbocycles. The molecular weight excluding hydrogens is 253 g/mol. The highest BCUT2D eigenvalue weighted by Crippen LogP contribution is 2.28. The Labute approximate surface area is 116 Å². The summed E-state index contributed by atoms with van der Waals surface area (Å²) in [6.07, 6.45) is 1.71. The lowest BCUT2D eigenvalue weighted by Gasteiger charge is -2.08. The van der Waals surface area contributed by atoms with Crippen molar-refractivity contribution in [1.82, 2.24) is 9.97 Å². The minimum Gasteiger partial charge on any atom is -0.370 e. The van der Waals surface area contributed by atoms with Gasteiger partial charge in [0.25, 0.3) is 0 Å². The molecule has 0 atom stereocenters. The number of nitrogens with zero attached hydrogens (tertiary/aromatic N) is 2. The van der Waals surface area contributed by atoms with Crippen LogP contribution in [-0.2, 0) is 0 Å². The molecule has 0 saturated carbocycles. The van der Waals surface area contributed by atoms with Gasteiger partial charge in [-0.15, -0.1) is 0 Å². The van der Waals surface area contributed by atoms with Crippen molar-refractivity contribution in [3.05, 3.63) is 54.5 Å². The molecule has 100 valence electrons. The third-order valence-corrected chi connectivity index (χ3v) is 3.13. The quantitative estimate of drug-likeness (QED) is 0.782. The third kappa shape index (κ3) is 2.20. The number of rotatable bonds is 3. The predicted molar refractivity (Wildman–Crippen MR) is 79.1 cm³/mol. The van der Waals surface area contributed by atoms with Gasteiger partial charge in [-0.3, -0.25) is 0 Å². The molecule has 0 aliphatic rings. The lowest BCUT2D eigenvalue weighted by atomic mass is 10.0. The van der Waals surface area contributed by atoms with Gasteiger partial charge in [-0.2, -0.15) is 0 Å². The third-order valence-electron chi connectivity index (χ3n) is 3.13. The Morgan fingerprint density at radius 2 is 1.85 bits per heavy atom. The summed E-state index contributed by atoms with van der Waals surface area (Å²) < 4.78 is 13.8. The summed E-state index contributed by atoms with van der Waals surface area (Å²) in [4.78, 5) is 8.77. The van der Waals surface area contributed by atoms with Gasteiger partial charge >= 0.3 is 0 Å². The predicted octanol–water partition coefficient (Wildman–Crippen LogP) is 3.87. The first-order valence-corrected chi connectivity index (χ1v) is 6.54. The molecule has 20 heavy (non-hydrogen) atoms. The number of nitrogens with one attached hydrogen (secondary N) is 1. The summed E-state index contributed by atoms with van der Waals surface area (Å²) in [6.45, 7) is 2.80. The fourth-order valence-corrected chi connectivity index (χ4v) is 2.23. The topological polar surface area (TPSA) is 37.8 Å². The number of fused-ring (bicyclic) bond motifs is 1. The van der Waals surface area contributed by atoms with Crippen molar-refractivity contribution in [2.75, 3.05) is 11.9 Å². The molecule has 0 bridgehead atoms. The fourth-order valence-electron chi connectivity index (χ4n) is 2.23. The number of halogens is 1. The van der Waals surface area contributed by atoms with E-state index in [0.29, 0.717) is 11.2 Å². The first kappa shape index (κ1) is 12.5. The lowest BCUT2D eigenvalue weighted by molar-refractivity contribution is 0.640. The largest absolute Gasteiger partial charge is 0.370 e. The second-order valence-corrected chi connectivity index (χ2v) is 4.44. The summed E-state index contributed by atoms with van der Waals surface area (Å²) in [5, 5.41) is 4.56. The van der Waals surface area contributed by atoms with Crippen LogP contribution in [0.1, 0.15) is 6.92 Å². The van der Waals surface area contributed by atoms with E-state index in [1.807, 2.05) is 31.2 Å². The van der Waals surface area contributed by atoms with E-state index in [9.17, 15) is 4.39 Å². The monoisotopic (exact) mass is 267 g/mol. The van der Waals surface area contributed by atoms with Gasteiger partial charge in [0, 0.05) is 23.7 Å². The molecule has 0 aliphatic heterocycles. The first-order valence-electron chi connectivity index (χ1n) is 6.54. The lowest BCUT2D eigenvalue weighted by Crippen LogP contribution is -2.01. The zero-order chi connectivity index (χ0) is 13.9. The van der Waals surface area contributed by atoms with Gasteiger partial charge in [-0.25, -0.2) is 14.4 Å². The van der Waals surface area contributed by atoms with Crippen LogP contribution in [0.2, 0.25) is 0 Å². The van der Waals surface area contributed by atoms with E-state index >= 15 is 0 Å². The Morgan fingerprint density at radius 1 is 1.05 bits per heavy atom. The Hall–Kier alpha value is -2.49. The summed E-state index contributed by atoms with van der Waals surface area (Å²) in [7, 11) is 0. The van der Waals surface area contributed by atoms with E-state index in [2.05, 4.69) is 15.3 Å². The van der Waals surface area contributed by atoms with E-state index in [0.717, 1.165) is 23.3 Å². The number of benzene rings is 2. The Morgan fingerprint density at radius 3 is 2.65 bits per heavy atom. The Balaban J connectivity index is 2.19. The summed E-state index contributed by atoms with van der Waals surface area (Å²) in [5.74, 6) is 1.14. The maximum Gasteiger partial charge on any atom is 0.162 e. The number of hydrogen-bond donors (Lipinski definition) is 1. The van der Waals surface area contributed by atoms with Crippen LogP contribution < -0.4 is 5.32 Å². The minimum atomic E-state index is -0.229. The zero-order valence-corrected chi connectivity index (χ0v) is 11.1. The maximum atomic E-state index is 13.8. The Kier molecular flexibility index (Phi) is 3.29. The summed E-state index contributed by atoms with van der Waals surface area (Å²) in [5.41, 5.74) is 0.835. The molecule has 0 radical (unpaired) electrons. The average molecular weight is 267 g/mol. The smallest absolute Gasteiger partial charge is 0.162 e. The van der Waals surface area contributed by atoms with Gasteiger partial charge in [0.1, 0.15) is 11.6 Å².